The summed E-state index contributed by atoms with van der Waals surface area (Å²) in [5.41, 5.74) is 8.77. The van der Waals surface area contributed by atoms with Gasteiger partial charge in [-0.25, -0.2) is 9.97 Å². The number of benzene rings is 2. The van der Waals surface area contributed by atoms with Crippen molar-refractivity contribution in [2.75, 3.05) is 36.5 Å². The van der Waals surface area contributed by atoms with Gasteiger partial charge in [-0.2, -0.15) is 0 Å². The monoisotopic (exact) mass is 399 g/mol. The van der Waals surface area contributed by atoms with Gasteiger partial charge in [0.2, 0.25) is 5.95 Å². The molecular formula is C24H25N5O. The summed E-state index contributed by atoms with van der Waals surface area (Å²) < 4.78 is 5.46. The summed E-state index contributed by atoms with van der Waals surface area (Å²) in [5, 5.41) is 3.35. The van der Waals surface area contributed by atoms with Crippen LogP contribution in [0.15, 0.2) is 54.7 Å². The number of aromatic amines is 1. The van der Waals surface area contributed by atoms with Crippen molar-refractivity contribution in [3.63, 3.8) is 0 Å². The molecule has 3 heterocycles. The van der Waals surface area contributed by atoms with Crippen LogP contribution in [0, 0.1) is 13.8 Å². The van der Waals surface area contributed by atoms with Crippen molar-refractivity contribution in [2.45, 2.75) is 13.8 Å². The number of morpholine rings is 1. The standard InChI is InChI=1S/C24H25N5O/c1-16-5-3-6-17(2)23(16)21-14-20-22(27-21)15-25-24(28-20)26-18-7-4-8-19(13-18)29-9-11-30-12-10-29/h3-8,13-15,27H,9-12H2,1-2H3,(H,25,26,28). The molecule has 1 fully saturated rings. The van der Waals surface area contributed by atoms with E-state index in [1.54, 1.807) is 0 Å². The summed E-state index contributed by atoms with van der Waals surface area (Å²) in [4.78, 5) is 15.0. The predicted molar refractivity (Wildman–Crippen MR) is 122 cm³/mol. The summed E-state index contributed by atoms with van der Waals surface area (Å²) >= 11 is 0. The van der Waals surface area contributed by atoms with Crippen molar-refractivity contribution in [2.24, 2.45) is 0 Å². The average molecular weight is 399 g/mol. The zero-order valence-corrected chi connectivity index (χ0v) is 17.3. The van der Waals surface area contributed by atoms with Crippen molar-refractivity contribution in [3.8, 4) is 11.3 Å². The van der Waals surface area contributed by atoms with Gasteiger partial charge in [0.15, 0.2) is 0 Å². The fourth-order valence-corrected chi connectivity index (χ4v) is 4.08. The quantitative estimate of drug-likeness (QED) is 0.515. The third-order valence-electron chi connectivity index (χ3n) is 5.60. The molecule has 2 aromatic carbocycles. The average Bonchev–Trinajstić information content (AvgIpc) is 3.17. The molecule has 1 saturated heterocycles. The van der Waals surface area contributed by atoms with E-state index in [0.29, 0.717) is 5.95 Å². The van der Waals surface area contributed by atoms with Crippen LogP contribution in [0.3, 0.4) is 0 Å². The molecule has 2 aromatic heterocycles. The zero-order valence-electron chi connectivity index (χ0n) is 17.3. The number of aromatic nitrogens is 3. The number of H-pyrrole nitrogens is 1. The molecule has 2 N–H and O–H groups in total. The minimum Gasteiger partial charge on any atom is -0.378 e. The van der Waals surface area contributed by atoms with Gasteiger partial charge in [-0.15, -0.1) is 0 Å². The maximum Gasteiger partial charge on any atom is 0.227 e. The summed E-state index contributed by atoms with van der Waals surface area (Å²) in [6, 6.07) is 16.8. The molecule has 4 aromatic rings. The summed E-state index contributed by atoms with van der Waals surface area (Å²) in [6.07, 6.45) is 1.84. The first-order valence-corrected chi connectivity index (χ1v) is 10.3. The van der Waals surface area contributed by atoms with Crippen LogP contribution in [0.1, 0.15) is 11.1 Å². The van der Waals surface area contributed by atoms with Crippen molar-refractivity contribution >= 4 is 28.4 Å². The fraction of sp³-hybridized carbons (Fsp3) is 0.250. The Morgan fingerprint density at radius 1 is 1.00 bits per heavy atom. The number of hydrogen-bond acceptors (Lipinski definition) is 5. The SMILES string of the molecule is Cc1cccc(C)c1-c1cc2nc(Nc3cccc(N4CCOCC4)c3)ncc2[nH]1. The van der Waals surface area contributed by atoms with E-state index in [1.807, 2.05) is 12.3 Å². The van der Waals surface area contributed by atoms with Crippen LogP contribution >= 0.6 is 0 Å². The molecule has 30 heavy (non-hydrogen) atoms. The van der Waals surface area contributed by atoms with E-state index >= 15 is 0 Å². The molecule has 0 unspecified atom stereocenters. The molecule has 6 heteroatoms. The number of nitrogens with one attached hydrogen (secondary N) is 2. The molecule has 0 saturated carbocycles. The molecule has 152 valence electrons. The fourth-order valence-electron chi connectivity index (χ4n) is 4.08. The number of nitrogens with zero attached hydrogens (tertiary/aromatic N) is 3. The maximum absolute atomic E-state index is 5.46. The number of aryl methyl sites for hydroxylation is 2. The lowest BCUT2D eigenvalue weighted by Gasteiger charge is -2.29. The van der Waals surface area contributed by atoms with E-state index in [-0.39, 0.29) is 0 Å². The maximum atomic E-state index is 5.46. The number of ether oxygens (including phenoxy) is 1. The molecule has 0 aliphatic carbocycles. The van der Waals surface area contributed by atoms with E-state index in [1.165, 1.54) is 22.4 Å². The van der Waals surface area contributed by atoms with Crippen LogP contribution in [0.4, 0.5) is 17.3 Å². The van der Waals surface area contributed by atoms with Gasteiger partial charge in [0, 0.05) is 35.7 Å². The number of hydrogen-bond donors (Lipinski definition) is 2. The van der Waals surface area contributed by atoms with Gasteiger partial charge in [-0.3, -0.25) is 0 Å². The Morgan fingerprint density at radius 2 is 1.77 bits per heavy atom. The van der Waals surface area contributed by atoms with Crippen LogP contribution in [0.25, 0.3) is 22.3 Å². The summed E-state index contributed by atoms with van der Waals surface area (Å²) in [5.74, 6) is 0.591. The van der Waals surface area contributed by atoms with E-state index < -0.39 is 0 Å². The van der Waals surface area contributed by atoms with Crippen molar-refractivity contribution in [3.05, 3.63) is 65.9 Å². The first-order valence-electron chi connectivity index (χ1n) is 10.3. The second-order valence-electron chi connectivity index (χ2n) is 7.72. The smallest absolute Gasteiger partial charge is 0.227 e. The number of fused-ring (bicyclic) bond motifs is 1. The lowest BCUT2D eigenvalue weighted by Crippen LogP contribution is -2.36. The van der Waals surface area contributed by atoms with Gasteiger partial charge in [0.05, 0.1) is 30.4 Å². The molecule has 0 radical (unpaired) electrons. The Balaban J connectivity index is 1.42. The molecule has 0 amide bonds. The lowest BCUT2D eigenvalue weighted by atomic mass is 10.0. The van der Waals surface area contributed by atoms with E-state index in [2.05, 4.69) is 76.5 Å². The van der Waals surface area contributed by atoms with Crippen LogP contribution in [0.2, 0.25) is 0 Å². The number of anilines is 3. The molecule has 1 aliphatic heterocycles. The van der Waals surface area contributed by atoms with E-state index in [9.17, 15) is 0 Å². The minimum absolute atomic E-state index is 0.591. The van der Waals surface area contributed by atoms with Gasteiger partial charge in [0.1, 0.15) is 0 Å². The Morgan fingerprint density at radius 3 is 2.57 bits per heavy atom. The Bertz CT molecular complexity index is 1170. The Hall–Kier alpha value is -3.38. The van der Waals surface area contributed by atoms with Crippen LogP contribution in [0.5, 0.6) is 0 Å². The van der Waals surface area contributed by atoms with Gasteiger partial charge >= 0.3 is 0 Å². The molecule has 1 aliphatic rings. The van der Waals surface area contributed by atoms with Gasteiger partial charge < -0.3 is 19.9 Å². The highest BCUT2D eigenvalue weighted by molar-refractivity contribution is 5.84. The molecule has 0 bridgehead atoms. The normalized spacial score (nSPS) is 14.3. The topological polar surface area (TPSA) is 66.1 Å². The van der Waals surface area contributed by atoms with Gasteiger partial charge in [-0.1, -0.05) is 24.3 Å². The highest BCUT2D eigenvalue weighted by Crippen LogP contribution is 2.29. The van der Waals surface area contributed by atoms with Crippen molar-refractivity contribution in [1.29, 1.82) is 0 Å². The van der Waals surface area contributed by atoms with Crippen LogP contribution < -0.4 is 10.2 Å². The van der Waals surface area contributed by atoms with Crippen molar-refractivity contribution < 1.29 is 4.74 Å². The third-order valence-corrected chi connectivity index (χ3v) is 5.60. The molecular weight excluding hydrogens is 374 g/mol. The van der Waals surface area contributed by atoms with Crippen LogP contribution in [-0.2, 0) is 4.74 Å². The van der Waals surface area contributed by atoms with Crippen LogP contribution in [-0.4, -0.2) is 41.3 Å². The van der Waals surface area contributed by atoms with Gasteiger partial charge in [0.25, 0.3) is 0 Å². The summed E-state index contributed by atoms with van der Waals surface area (Å²) in [7, 11) is 0. The number of rotatable bonds is 4. The van der Waals surface area contributed by atoms with Gasteiger partial charge in [-0.05, 0) is 49.2 Å². The first-order chi connectivity index (χ1) is 14.7. The second-order valence-corrected chi connectivity index (χ2v) is 7.72. The predicted octanol–water partition coefficient (Wildman–Crippen LogP) is 4.82. The summed E-state index contributed by atoms with van der Waals surface area (Å²) in [6.45, 7) is 7.63. The molecule has 5 rings (SSSR count). The molecule has 0 atom stereocenters. The highest BCUT2D eigenvalue weighted by atomic mass is 16.5. The zero-order chi connectivity index (χ0) is 20.5. The third kappa shape index (κ3) is 3.62. The van der Waals surface area contributed by atoms with E-state index in [4.69, 9.17) is 9.72 Å². The largest absolute Gasteiger partial charge is 0.378 e. The molecule has 0 spiro atoms. The Labute approximate surface area is 175 Å². The minimum atomic E-state index is 0.591. The lowest BCUT2D eigenvalue weighted by molar-refractivity contribution is 0.122. The Kier molecular flexibility index (Phi) is 4.85. The van der Waals surface area contributed by atoms with E-state index in [0.717, 1.165) is 48.7 Å². The van der Waals surface area contributed by atoms with Crippen molar-refractivity contribution in [1.82, 2.24) is 15.0 Å². The molecule has 6 nitrogen and oxygen atoms in total. The first kappa shape index (κ1) is 18.6. The highest BCUT2D eigenvalue weighted by Gasteiger charge is 2.13. The second kappa shape index (κ2) is 7.80.